The van der Waals surface area contributed by atoms with Gasteiger partial charge in [-0.3, -0.25) is 4.79 Å². The molecule has 4 bridgehead atoms. The molecule has 0 atom stereocenters. The second-order valence-corrected chi connectivity index (χ2v) is 11.1. The van der Waals surface area contributed by atoms with Gasteiger partial charge in [0.25, 0.3) is 0 Å². The van der Waals surface area contributed by atoms with Crippen LogP contribution in [0.1, 0.15) is 64.2 Å². The lowest BCUT2D eigenvalue weighted by Gasteiger charge is -2.57. The molecule has 4 aliphatic carbocycles. The Kier molecular flexibility index (Phi) is 5.07. The minimum absolute atomic E-state index is 0.00840. The number of hydrogen-bond acceptors (Lipinski definition) is 5. The fourth-order valence-electron chi connectivity index (χ4n) is 7.80. The number of hydrogen-bond donors (Lipinski definition) is 0. The molecule has 0 spiro atoms. The summed E-state index contributed by atoms with van der Waals surface area (Å²) in [4.78, 5) is 20.5. The highest BCUT2D eigenvalue weighted by Crippen LogP contribution is 2.60. The van der Waals surface area contributed by atoms with Gasteiger partial charge in [0, 0.05) is 39.3 Å². The molecule has 1 aromatic rings. The molecular weight excluding hydrogens is 386 g/mol. The van der Waals surface area contributed by atoms with Crippen LogP contribution in [0, 0.1) is 23.2 Å². The van der Waals surface area contributed by atoms with Gasteiger partial charge in [-0.2, -0.15) is 0 Å². The zero-order valence-electron chi connectivity index (χ0n) is 18.8. The summed E-state index contributed by atoms with van der Waals surface area (Å²) in [6, 6.07) is 4.27. The minimum Gasteiger partial charge on any atom is -0.355 e. The van der Waals surface area contributed by atoms with Crippen LogP contribution in [-0.2, 0) is 4.79 Å². The van der Waals surface area contributed by atoms with E-state index in [4.69, 9.17) is 0 Å². The fraction of sp³-hybridized carbons (Fsp3) is 0.800. The van der Waals surface area contributed by atoms with Crippen molar-refractivity contribution in [1.29, 1.82) is 0 Å². The summed E-state index contributed by atoms with van der Waals surface area (Å²) in [5.74, 6) is 4.94. The normalized spacial score (nSPS) is 35.4. The zero-order chi connectivity index (χ0) is 20.8. The lowest BCUT2D eigenvalue weighted by atomic mass is 9.49. The molecule has 6 heteroatoms. The second-order valence-electron chi connectivity index (χ2n) is 11.1. The van der Waals surface area contributed by atoms with Gasteiger partial charge in [-0.25, -0.2) is 0 Å². The maximum absolute atomic E-state index is 13.6. The standard InChI is InChI=1S/C25H37N5O/c31-24(25-16-19-13-20(17-25)15-21(14-19)18-25)30-11-9-29(10-12-30)23-6-5-22(26-27-23)28-7-3-1-2-4-8-28/h5-6,19-21H,1-4,7-18H2. The molecule has 0 unspecified atom stereocenters. The van der Waals surface area contributed by atoms with Crippen LogP contribution in [0.2, 0.25) is 0 Å². The molecule has 6 nitrogen and oxygen atoms in total. The van der Waals surface area contributed by atoms with Crippen molar-refractivity contribution >= 4 is 17.5 Å². The van der Waals surface area contributed by atoms with Crippen molar-refractivity contribution in [3.63, 3.8) is 0 Å². The molecular formula is C25H37N5O. The van der Waals surface area contributed by atoms with Crippen LogP contribution >= 0.6 is 0 Å². The van der Waals surface area contributed by atoms with Crippen molar-refractivity contribution in [3.8, 4) is 0 Å². The highest BCUT2D eigenvalue weighted by Gasteiger charge is 2.55. The number of carbonyl (C=O) groups excluding carboxylic acids is 1. The highest BCUT2D eigenvalue weighted by molar-refractivity contribution is 5.83. The fourth-order valence-corrected chi connectivity index (χ4v) is 7.80. The topological polar surface area (TPSA) is 52.6 Å². The Balaban J connectivity index is 1.07. The van der Waals surface area contributed by atoms with Crippen LogP contribution < -0.4 is 9.80 Å². The average Bonchev–Trinajstić information content (AvgIpc) is 3.08. The van der Waals surface area contributed by atoms with Crippen LogP contribution in [0.25, 0.3) is 0 Å². The summed E-state index contributed by atoms with van der Waals surface area (Å²) >= 11 is 0. The maximum atomic E-state index is 13.6. The zero-order valence-corrected chi connectivity index (χ0v) is 18.8. The van der Waals surface area contributed by atoms with Crippen molar-refractivity contribution in [1.82, 2.24) is 15.1 Å². The van der Waals surface area contributed by atoms with Crippen LogP contribution in [0.5, 0.6) is 0 Å². The molecule has 1 amide bonds. The third-order valence-corrected chi connectivity index (χ3v) is 8.95. The Morgan fingerprint density at radius 1 is 0.710 bits per heavy atom. The number of anilines is 2. The van der Waals surface area contributed by atoms with E-state index in [1.165, 1.54) is 64.2 Å². The number of rotatable bonds is 3. The maximum Gasteiger partial charge on any atom is 0.228 e. The Bertz CT molecular complexity index is 757. The number of amides is 1. The van der Waals surface area contributed by atoms with Gasteiger partial charge in [-0.05, 0) is 81.3 Å². The summed E-state index contributed by atoms with van der Waals surface area (Å²) in [5.41, 5.74) is -0.00840. The summed E-state index contributed by atoms with van der Waals surface area (Å²) in [7, 11) is 0. The predicted molar refractivity (Wildman–Crippen MR) is 122 cm³/mol. The molecule has 6 aliphatic rings. The van der Waals surface area contributed by atoms with Crippen LogP contribution in [0.4, 0.5) is 11.6 Å². The van der Waals surface area contributed by atoms with E-state index in [-0.39, 0.29) is 5.41 Å². The summed E-state index contributed by atoms with van der Waals surface area (Å²) in [5, 5.41) is 9.12. The van der Waals surface area contributed by atoms with E-state index in [0.29, 0.717) is 5.91 Å². The lowest BCUT2D eigenvalue weighted by molar-refractivity contribution is -0.158. The van der Waals surface area contributed by atoms with Crippen LogP contribution in [0.15, 0.2) is 12.1 Å². The first kappa shape index (κ1) is 19.8. The molecule has 0 N–H and O–H groups in total. The van der Waals surface area contributed by atoms with Gasteiger partial charge in [0.2, 0.25) is 5.91 Å². The Morgan fingerprint density at radius 2 is 1.19 bits per heavy atom. The van der Waals surface area contributed by atoms with Crippen molar-refractivity contribution in [2.45, 2.75) is 64.2 Å². The van der Waals surface area contributed by atoms with E-state index in [2.05, 4.69) is 37.0 Å². The predicted octanol–water partition coefficient (Wildman–Crippen LogP) is 3.72. The van der Waals surface area contributed by atoms with Crippen molar-refractivity contribution in [2.24, 2.45) is 23.2 Å². The van der Waals surface area contributed by atoms with Crippen LogP contribution in [0.3, 0.4) is 0 Å². The average molecular weight is 424 g/mol. The molecule has 31 heavy (non-hydrogen) atoms. The van der Waals surface area contributed by atoms with Gasteiger partial charge in [-0.15, -0.1) is 10.2 Å². The van der Waals surface area contributed by atoms with Gasteiger partial charge in [-0.1, -0.05) is 12.8 Å². The molecule has 1 aromatic heterocycles. The molecule has 168 valence electrons. The number of piperazine rings is 1. The SMILES string of the molecule is O=C(N1CCN(c2ccc(N3CCCCCC3)nn2)CC1)C12CC3CC(CC(C3)C1)C2. The van der Waals surface area contributed by atoms with Gasteiger partial charge in [0.1, 0.15) is 0 Å². The van der Waals surface area contributed by atoms with Gasteiger partial charge in [0.05, 0.1) is 5.41 Å². The van der Waals surface area contributed by atoms with E-state index in [0.717, 1.165) is 68.7 Å². The smallest absolute Gasteiger partial charge is 0.228 e. The molecule has 2 aliphatic heterocycles. The summed E-state index contributed by atoms with van der Waals surface area (Å²) in [6.45, 7) is 5.59. The first-order valence-corrected chi connectivity index (χ1v) is 12.8. The first-order valence-electron chi connectivity index (χ1n) is 12.8. The molecule has 7 rings (SSSR count). The third-order valence-electron chi connectivity index (χ3n) is 8.95. The molecule has 2 saturated heterocycles. The van der Waals surface area contributed by atoms with E-state index >= 15 is 0 Å². The van der Waals surface area contributed by atoms with Crippen LogP contribution in [-0.4, -0.2) is 60.3 Å². The molecule has 0 aromatic carbocycles. The van der Waals surface area contributed by atoms with Gasteiger partial charge < -0.3 is 14.7 Å². The number of nitrogens with zero attached hydrogens (tertiary/aromatic N) is 5. The van der Waals surface area contributed by atoms with Crippen molar-refractivity contribution in [2.75, 3.05) is 49.1 Å². The summed E-state index contributed by atoms with van der Waals surface area (Å²) in [6.07, 6.45) is 12.9. The van der Waals surface area contributed by atoms with E-state index in [1.807, 2.05) is 0 Å². The minimum atomic E-state index is -0.00840. The monoisotopic (exact) mass is 423 g/mol. The van der Waals surface area contributed by atoms with Gasteiger partial charge in [0.15, 0.2) is 11.6 Å². The first-order chi connectivity index (χ1) is 15.2. The molecule has 3 heterocycles. The second kappa shape index (κ2) is 7.93. The molecule has 0 radical (unpaired) electrons. The highest BCUT2D eigenvalue weighted by atomic mass is 16.2. The Labute approximate surface area is 186 Å². The van der Waals surface area contributed by atoms with E-state index < -0.39 is 0 Å². The number of carbonyl (C=O) groups is 1. The Hall–Kier alpha value is -1.85. The molecule has 6 fully saturated rings. The van der Waals surface area contributed by atoms with Crippen molar-refractivity contribution in [3.05, 3.63) is 12.1 Å². The quantitative estimate of drug-likeness (QED) is 0.742. The summed E-state index contributed by atoms with van der Waals surface area (Å²) < 4.78 is 0. The molecule has 4 saturated carbocycles. The number of aromatic nitrogens is 2. The van der Waals surface area contributed by atoms with Crippen molar-refractivity contribution < 1.29 is 4.79 Å². The lowest BCUT2D eigenvalue weighted by Crippen LogP contribution is -2.58. The third kappa shape index (κ3) is 3.70. The van der Waals surface area contributed by atoms with E-state index in [9.17, 15) is 4.79 Å². The van der Waals surface area contributed by atoms with Gasteiger partial charge >= 0.3 is 0 Å². The van der Waals surface area contributed by atoms with E-state index in [1.54, 1.807) is 0 Å². The largest absolute Gasteiger partial charge is 0.355 e. The Morgan fingerprint density at radius 3 is 1.68 bits per heavy atom.